The van der Waals surface area contributed by atoms with Crippen molar-refractivity contribution in [1.29, 1.82) is 5.26 Å². The van der Waals surface area contributed by atoms with Crippen LogP contribution in [0.25, 0.3) is 0 Å². The summed E-state index contributed by atoms with van der Waals surface area (Å²) < 4.78 is 51.7. The number of methoxy groups -OCH3 is 1. The summed E-state index contributed by atoms with van der Waals surface area (Å²) in [4.78, 5) is 21.0. The zero-order valence-electron chi connectivity index (χ0n) is 19.4. The third kappa shape index (κ3) is 5.26. The molecule has 1 aromatic heterocycles. The number of hydrogen-bond donors (Lipinski definition) is 0. The van der Waals surface area contributed by atoms with Crippen LogP contribution >= 0.6 is 0 Å². The van der Waals surface area contributed by atoms with E-state index in [1.165, 1.54) is 6.07 Å². The lowest BCUT2D eigenvalue weighted by atomic mass is 9.74. The molecule has 2 atom stereocenters. The molecule has 10 heteroatoms. The predicted octanol–water partition coefficient (Wildman–Crippen LogP) is 3.60. The number of aromatic nitrogens is 1. The first kappa shape index (κ1) is 24.9. The van der Waals surface area contributed by atoms with Gasteiger partial charge in [0, 0.05) is 50.6 Å². The molecule has 2 aliphatic heterocycles. The van der Waals surface area contributed by atoms with Crippen LogP contribution in [-0.2, 0) is 15.7 Å². The van der Waals surface area contributed by atoms with Gasteiger partial charge in [-0.25, -0.2) is 0 Å². The van der Waals surface area contributed by atoms with Crippen LogP contribution in [0.2, 0.25) is 0 Å². The molecule has 1 aromatic carbocycles. The van der Waals surface area contributed by atoms with Crippen molar-refractivity contribution >= 4 is 11.6 Å². The normalized spacial score (nSPS) is 22.1. The maximum absolute atomic E-state index is 13.6. The van der Waals surface area contributed by atoms with Crippen molar-refractivity contribution in [1.82, 2.24) is 9.88 Å². The van der Waals surface area contributed by atoms with Gasteiger partial charge in [-0.15, -0.1) is 0 Å². The van der Waals surface area contributed by atoms with Gasteiger partial charge in [0.05, 0.1) is 37.0 Å². The second-order valence-electron chi connectivity index (χ2n) is 9.06. The van der Waals surface area contributed by atoms with Crippen LogP contribution in [0.3, 0.4) is 0 Å². The van der Waals surface area contributed by atoms with E-state index in [4.69, 9.17) is 14.7 Å². The van der Waals surface area contributed by atoms with Crippen LogP contribution in [0.15, 0.2) is 42.6 Å². The molecule has 35 heavy (non-hydrogen) atoms. The van der Waals surface area contributed by atoms with Crippen LogP contribution in [0.1, 0.15) is 28.0 Å². The first-order valence-electron chi connectivity index (χ1n) is 11.4. The second-order valence-corrected chi connectivity index (χ2v) is 9.06. The Bertz CT molecular complexity index is 1090. The number of rotatable bonds is 7. The highest BCUT2D eigenvalue weighted by molar-refractivity contribution is 5.92. The number of fused-ring (bicyclic) bond motifs is 1. The maximum Gasteiger partial charge on any atom is 0.417 e. The molecule has 2 fully saturated rings. The number of likely N-dealkylation sites (tertiary alicyclic amines) is 1. The average Bonchev–Trinajstić information content (AvgIpc) is 3.25. The lowest BCUT2D eigenvalue weighted by Crippen LogP contribution is -2.53. The topological polar surface area (TPSA) is 78.7 Å². The van der Waals surface area contributed by atoms with E-state index in [2.05, 4.69) is 4.98 Å². The fraction of sp³-hybridized carbons (Fsp3) is 0.480. The number of halogens is 3. The average molecular weight is 489 g/mol. The van der Waals surface area contributed by atoms with Gasteiger partial charge in [-0.2, -0.15) is 18.4 Å². The third-order valence-electron chi connectivity index (χ3n) is 6.85. The zero-order chi connectivity index (χ0) is 25.1. The van der Waals surface area contributed by atoms with Gasteiger partial charge in [0.25, 0.3) is 5.91 Å². The molecule has 2 saturated heterocycles. The van der Waals surface area contributed by atoms with Gasteiger partial charge in [0.15, 0.2) is 0 Å². The molecule has 7 nitrogen and oxygen atoms in total. The smallest absolute Gasteiger partial charge is 0.382 e. The number of alkyl halides is 3. The summed E-state index contributed by atoms with van der Waals surface area (Å²) in [5.74, 6) is -0.0423. The van der Waals surface area contributed by atoms with Gasteiger partial charge in [-0.1, -0.05) is 6.07 Å². The number of benzene rings is 1. The molecule has 0 aliphatic carbocycles. The van der Waals surface area contributed by atoms with E-state index >= 15 is 0 Å². The number of carbonyl (C=O) groups excluding carboxylic acids is 1. The Balaban J connectivity index is 1.60. The standard InChI is InChI=1S/C25H27F3N4O3/c1-34-10-11-35-17-24-15-31(23(33)22-4-2-3-8-30-22)9-7-19(24)14-32(16-24)20-6-5-18(13-29)21(12-20)25(26,27)28/h2-6,8,12,19H,7,9-11,14-17H2,1H3/t19-,24+/m1/s1. The van der Waals surface area contributed by atoms with Crippen molar-refractivity contribution in [3.63, 3.8) is 0 Å². The molecule has 0 saturated carbocycles. The van der Waals surface area contributed by atoms with Crippen molar-refractivity contribution < 1.29 is 27.4 Å². The highest BCUT2D eigenvalue weighted by Gasteiger charge is 2.51. The molecular weight excluding hydrogens is 461 g/mol. The van der Waals surface area contributed by atoms with E-state index in [-0.39, 0.29) is 11.8 Å². The molecule has 1 amide bonds. The highest BCUT2D eigenvalue weighted by Crippen LogP contribution is 2.45. The summed E-state index contributed by atoms with van der Waals surface area (Å²) >= 11 is 0. The summed E-state index contributed by atoms with van der Waals surface area (Å²) in [6, 6.07) is 10.6. The Morgan fingerprint density at radius 1 is 1.26 bits per heavy atom. The van der Waals surface area contributed by atoms with Gasteiger partial charge in [0.1, 0.15) is 5.69 Å². The molecule has 0 unspecified atom stereocenters. The van der Waals surface area contributed by atoms with Gasteiger partial charge >= 0.3 is 6.18 Å². The molecular formula is C25H27F3N4O3. The first-order valence-corrected chi connectivity index (χ1v) is 11.4. The highest BCUT2D eigenvalue weighted by atomic mass is 19.4. The number of piperidine rings is 1. The van der Waals surface area contributed by atoms with Gasteiger partial charge in [-0.3, -0.25) is 9.78 Å². The monoisotopic (exact) mass is 488 g/mol. The summed E-state index contributed by atoms with van der Waals surface area (Å²) in [5, 5.41) is 9.13. The van der Waals surface area contributed by atoms with E-state index < -0.39 is 22.7 Å². The molecule has 2 aromatic rings. The predicted molar refractivity (Wildman–Crippen MR) is 122 cm³/mol. The Morgan fingerprint density at radius 2 is 2.09 bits per heavy atom. The fourth-order valence-electron chi connectivity index (χ4n) is 5.09. The molecule has 0 N–H and O–H groups in total. The number of ether oxygens (including phenoxy) is 2. The van der Waals surface area contributed by atoms with Crippen molar-refractivity contribution in [3.05, 3.63) is 59.4 Å². The Kier molecular flexibility index (Phi) is 7.28. The van der Waals surface area contributed by atoms with Crippen LogP contribution in [0.5, 0.6) is 0 Å². The third-order valence-corrected chi connectivity index (χ3v) is 6.85. The van der Waals surface area contributed by atoms with Gasteiger partial charge in [-0.05, 0) is 42.7 Å². The molecule has 186 valence electrons. The minimum atomic E-state index is -4.62. The van der Waals surface area contributed by atoms with Crippen LogP contribution in [0, 0.1) is 22.7 Å². The molecule has 0 spiro atoms. The molecule has 3 heterocycles. The van der Waals surface area contributed by atoms with Crippen molar-refractivity contribution in [2.45, 2.75) is 12.6 Å². The van der Waals surface area contributed by atoms with Gasteiger partial charge in [0.2, 0.25) is 0 Å². The molecule has 0 bridgehead atoms. The largest absolute Gasteiger partial charge is 0.417 e. The summed E-state index contributed by atoms with van der Waals surface area (Å²) in [5.41, 5.74) is -1.03. The van der Waals surface area contributed by atoms with Crippen molar-refractivity contribution in [3.8, 4) is 6.07 Å². The quantitative estimate of drug-likeness (QED) is 0.555. The fourth-order valence-corrected chi connectivity index (χ4v) is 5.09. The van der Waals surface area contributed by atoms with E-state index in [9.17, 15) is 18.0 Å². The Labute approximate surface area is 202 Å². The first-order chi connectivity index (χ1) is 16.8. The lowest BCUT2D eigenvalue weighted by Gasteiger charge is -2.43. The van der Waals surface area contributed by atoms with E-state index in [1.54, 1.807) is 48.5 Å². The summed E-state index contributed by atoms with van der Waals surface area (Å²) in [6.45, 7) is 3.09. The van der Waals surface area contributed by atoms with E-state index in [1.807, 2.05) is 4.90 Å². The van der Waals surface area contributed by atoms with Gasteiger partial charge < -0.3 is 19.3 Å². The molecule has 4 rings (SSSR count). The minimum Gasteiger partial charge on any atom is -0.382 e. The number of carbonyl (C=O) groups is 1. The number of nitriles is 1. The number of amides is 1. The van der Waals surface area contributed by atoms with Crippen LogP contribution in [-0.4, -0.2) is 68.9 Å². The minimum absolute atomic E-state index is 0.128. The van der Waals surface area contributed by atoms with E-state index in [0.29, 0.717) is 63.8 Å². The number of anilines is 1. The lowest BCUT2D eigenvalue weighted by molar-refractivity contribution is -0.137. The zero-order valence-corrected chi connectivity index (χ0v) is 19.4. The Hall–Kier alpha value is -3.16. The summed E-state index contributed by atoms with van der Waals surface area (Å²) in [6.07, 6.45) is -2.35. The van der Waals surface area contributed by atoms with Crippen molar-refractivity contribution in [2.75, 3.05) is 58.0 Å². The Morgan fingerprint density at radius 3 is 2.77 bits per heavy atom. The molecule has 2 aliphatic rings. The summed E-state index contributed by atoms with van der Waals surface area (Å²) in [7, 11) is 1.58. The van der Waals surface area contributed by atoms with Crippen molar-refractivity contribution in [2.24, 2.45) is 11.3 Å². The maximum atomic E-state index is 13.6. The SMILES string of the molecule is COCCOC[C@@]12CN(C(=O)c3ccccn3)CC[C@@H]1CN(c1ccc(C#N)c(C(F)(F)F)c1)C2. The van der Waals surface area contributed by atoms with Crippen LogP contribution < -0.4 is 4.90 Å². The second kappa shape index (κ2) is 10.2. The molecule has 0 radical (unpaired) electrons. The van der Waals surface area contributed by atoms with Crippen LogP contribution in [0.4, 0.5) is 18.9 Å². The van der Waals surface area contributed by atoms with E-state index in [0.717, 1.165) is 6.07 Å². The number of hydrogen-bond acceptors (Lipinski definition) is 6. The number of nitrogens with zero attached hydrogens (tertiary/aromatic N) is 4. The number of pyridine rings is 1.